The standard InChI is InChI=1S/C16H21N3OS/c1-18-10-4-5-14(18)12-19(2)16(20)17-11-13-6-8-15(21-3)9-7-13/h4-10H,11-12H2,1-3H3,(H,17,20). The molecule has 0 bridgehead atoms. The zero-order valence-corrected chi connectivity index (χ0v) is 13.5. The number of nitrogens with one attached hydrogen (secondary N) is 1. The molecule has 1 heterocycles. The highest BCUT2D eigenvalue weighted by Crippen LogP contribution is 2.14. The summed E-state index contributed by atoms with van der Waals surface area (Å²) in [5.41, 5.74) is 2.21. The van der Waals surface area contributed by atoms with Gasteiger partial charge >= 0.3 is 6.03 Å². The van der Waals surface area contributed by atoms with Crippen molar-refractivity contribution < 1.29 is 4.79 Å². The summed E-state index contributed by atoms with van der Waals surface area (Å²) in [4.78, 5) is 15.0. The fourth-order valence-corrected chi connectivity index (χ4v) is 2.44. The molecule has 2 aromatic rings. The molecule has 2 rings (SSSR count). The first-order valence-electron chi connectivity index (χ1n) is 6.82. The van der Waals surface area contributed by atoms with Crippen LogP contribution in [0, 0.1) is 0 Å². The van der Waals surface area contributed by atoms with Gasteiger partial charge in [0.25, 0.3) is 0 Å². The Labute approximate surface area is 130 Å². The van der Waals surface area contributed by atoms with Crippen molar-refractivity contribution in [2.75, 3.05) is 13.3 Å². The van der Waals surface area contributed by atoms with E-state index < -0.39 is 0 Å². The summed E-state index contributed by atoms with van der Waals surface area (Å²) in [6.07, 6.45) is 4.03. The number of carbonyl (C=O) groups is 1. The molecule has 1 aromatic carbocycles. The summed E-state index contributed by atoms with van der Waals surface area (Å²) in [5, 5.41) is 2.94. The zero-order valence-electron chi connectivity index (χ0n) is 12.7. The molecule has 0 saturated heterocycles. The zero-order chi connectivity index (χ0) is 15.2. The molecule has 0 spiro atoms. The Hall–Kier alpha value is -1.88. The lowest BCUT2D eigenvalue weighted by Crippen LogP contribution is -2.36. The summed E-state index contributed by atoms with van der Waals surface area (Å²) < 4.78 is 2.02. The van der Waals surface area contributed by atoms with E-state index in [0.717, 1.165) is 11.3 Å². The molecule has 112 valence electrons. The van der Waals surface area contributed by atoms with Crippen molar-refractivity contribution in [2.45, 2.75) is 18.0 Å². The number of thioether (sulfide) groups is 1. The van der Waals surface area contributed by atoms with Crippen molar-refractivity contribution in [3.8, 4) is 0 Å². The van der Waals surface area contributed by atoms with Crippen molar-refractivity contribution in [3.63, 3.8) is 0 Å². The smallest absolute Gasteiger partial charge is 0.317 e. The summed E-state index contributed by atoms with van der Waals surface area (Å²) in [5.74, 6) is 0. The Balaban J connectivity index is 1.84. The predicted octanol–water partition coefficient (Wildman–Crippen LogP) is 3.09. The van der Waals surface area contributed by atoms with Crippen LogP contribution >= 0.6 is 11.8 Å². The van der Waals surface area contributed by atoms with Gasteiger partial charge in [0, 0.05) is 37.4 Å². The first-order valence-corrected chi connectivity index (χ1v) is 8.04. The highest BCUT2D eigenvalue weighted by Gasteiger charge is 2.10. The molecule has 0 aliphatic rings. The monoisotopic (exact) mass is 303 g/mol. The van der Waals surface area contributed by atoms with Crippen LogP contribution < -0.4 is 5.32 Å². The van der Waals surface area contributed by atoms with Crippen LogP contribution in [0.5, 0.6) is 0 Å². The quantitative estimate of drug-likeness (QED) is 0.862. The van der Waals surface area contributed by atoms with Crippen LogP contribution in [-0.2, 0) is 20.1 Å². The van der Waals surface area contributed by atoms with E-state index in [1.807, 2.05) is 42.1 Å². The van der Waals surface area contributed by atoms with E-state index in [4.69, 9.17) is 0 Å². The highest BCUT2D eigenvalue weighted by atomic mass is 32.2. The highest BCUT2D eigenvalue weighted by molar-refractivity contribution is 7.98. The van der Waals surface area contributed by atoms with Crippen molar-refractivity contribution in [1.29, 1.82) is 0 Å². The van der Waals surface area contributed by atoms with E-state index in [-0.39, 0.29) is 6.03 Å². The first kappa shape index (κ1) is 15.5. The molecule has 0 radical (unpaired) electrons. The number of nitrogens with zero attached hydrogens (tertiary/aromatic N) is 2. The summed E-state index contributed by atoms with van der Waals surface area (Å²) >= 11 is 1.71. The van der Waals surface area contributed by atoms with Crippen molar-refractivity contribution in [2.24, 2.45) is 7.05 Å². The van der Waals surface area contributed by atoms with Crippen LogP contribution in [0.2, 0.25) is 0 Å². The van der Waals surface area contributed by atoms with E-state index in [9.17, 15) is 4.79 Å². The molecule has 21 heavy (non-hydrogen) atoms. The van der Waals surface area contributed by atoms with Gasteiger partial charge in [-0.1, -0.05) is 12.1 Å². The summed E-state index contributed by atoms with van der Waals surface area (Å²) in [6.45, 7) is 1.14. The van der Waals surface area contributed by atoms with Gasteiger partial charge in [0.05, 0.1) is 6.54 Å². The average Bonchev–Trinajstić information content (AvgIpc) is 2.90. The molecular weight excluding hydrogens is 282 g/mol. The van der Waals surface area contributed by atoms with Crippen molar-refractivity contribution in [1.82, 2.24) is 14.8 Å². The molecule has 2 amide bonds. The molecule has 0 atom stereocenters. The van der Waals surface area contributed by atoms with Crippen LogP contribution in [0.1, 0.15) is 11.3 Å². The molecule has 4 nitrogen and oxygen atoms in total. The fourth-order valence-electron chi connectivity index (χ4n) is 2.03. The first-order chi connectivity index (χ1) is 10.1. The number of aryl methyl sites for hydroxylation is 1. The van der Waals surface area contributed by atoms with Crippen LogP contribution in [0.25, 0.3) is 0 Å². The van der Waals surface area contributed by atoms with Crippen LogP contribution in [0.3, 0.4) is 0 Å². The minimum absolute atomic E-state index is 0.0647. The molecule has 0 unspecified atom stereocenters. The number of hydrogen-bond acceptors (Lipinski definition) is 2. The number of aromatic nitrogens is 1. The number of urea groups is 1. The van der Waals surface area contributed by atoms with Gasteiger partial charge in [-0.2, -0.15) is 0 Å². The Morgan fingerprint density at radius 3 is 2.57 bits per heavy atom. The third-order valence-electron chi connectivity index (χ3n) is 3.40. The second-order valence-electron chi connectivity index (χ2n) is 4.97. The lowest BCUT2D eigenvalue weighted by molar-refractivity contribution is 0.205. The Kier molecular flexibility index (Phi) is 5.33. The van der Waals surface area contributed by atoms with Gasteiger partial charge in [0.2, 0.25) is 0 Å². The van der Waals surface area contributed by atoms with E-state index in [1.54, 1.807) is 23.7 Å². The second-order valence-corrected chi connectivity index (χ2v) is 5.85. The van der Waals surface area contributed by atoms with Gasteiger partial charge in [-0.25, -0.2) is 4.79 Å². The number of rotatable bonds is 5. The predicted molar refractivity (Wildman–Crippen MR) is 87.3 cm³/mol. The molecular formula is C16H21N3OS. The Morgan fingerprint density at radius 1 is 1.29 bits per heavy atom. The Morgan fingerprint density at radius 2 is 2.00 bits per heavy atom. The maximum Gasteiger partial charge on any atom is 0.317 e. The minimum atomic E-state index is -0.0647. The summed E-state index contributed by atoms with van der Waals surface area (Å²) in [7, 11) is 3.79. The molecule has 1 aromatic heterocycles. The molecule has 1 N–H and O–H groups in total. The van der Waals surface area contributed by atoms with Gasteiger partial charge in [0.1, 0.15) is 0 Å². The van der Waals surface area contributed by atoms with E-state index in [1.165, 1.54) is 4.90 Å². The van der Waals surface area contributed by atoms with Crippen LogP contribution in [-0.4, -0.2) is 28.8 Å². The van der Waals surface area contributed by atoms with Crippen molar-refractivity contribution >= 4 is 17.8 Å². The summed E-state index contributed by atoms with van der Waals surface area (Å²) in [6, 6.07) is 12.2. The number of carbonyl (C=O) groups excluding carboxylic acids is 1. The van der Waals surface area contributed by atoms with Gasteiger partial charge in [0.15, 0.2) is 0 Å². The molecule has 0 aliphatic carbocycles. The normalized spacial score (nSPS) is 10.4. The molecule has 5 heteroatoms. The maximum absolute atomic E-state index is 12.1. The topological polar surface area (TPSA) is 37.3 Å². The number of benzene rings is 1. The average molecular weight is 303 g/mol. The Bertz CT molecular complexity index is 592. The van der Waals surface area contributed by atoms with E-state index in [0.29, 0.717) is 13.1 Å². The van der Waals surface area contributed by atoms with E-state index in [2.05, 4.69) is 23.7 Å². The third kappa shape index (κ3) is 4.29. The minimum Gasteiger partial charge on any atom is -0.353 e. The van der Waals surface area contributed by atoms with Crippen LogP contribution in [0.15, 0.2) is 47.5 Å². The fraction of sp³-hybridized carbons (Fsp3) is 0.312. The van der Waals surface area contributed by atoms with E-state index >= 15 is 0 Å². The lowest BCUT2D eigenvalue weighted by Gasteiger charge is -2.18. The van der Waals surface area contributed by atoms with Crippen LogP contribution in [0.4, 0.5) is 4.79 Å². The van der Waals surface area contributed by atoms with Gasteiger partial charge in [-0.05, 0) is 36.1 Å². The van der Waals surface area contributed by atoms with Gasteiger partial charge in [-0.15, -0.1) is 11.8 Å². The number of amides is 2. The molecule has 0 aliphatic heterocycles. The number of hydrogen-bond donors (Lipinski definition) is 1. The second kappa shape index (κ2) is 7.22. The van der Waals surface area contributed by atoms with Crippen molar-refractivity contribution in [3.05, 3.63) is 53.9 Å². The molecule has 0 saturated carbocycles. The maximum atomic E-state index is 12.1. The molecule has 0 fully saturated rings. The third-order valence-corrected chi connectivity index (χ3v) is 4.14. The largest absolute Gasteiger partial charge is 0.353 e. The van der Waals surface area contributed by atoms with Gasteiger partial charge < -0.3 is 14.8 Å². The lowest BCUT2D eigenvalue weighted by atomic mass is 10.2. The SMILES string of the molecule is CSc1ccc(CNC(=O)N(C)Cc2cccn2C)cc1. The van der Waals surface area contributed by atoms with Gasteiger partial charge in [-0.3, -0.25) is 0 Å².